The molecule has 0 radical (unpaired) electrons. The van der Waals surface area contributed by atoms with Crippen molar-refractivity contribution in [2.45, 2.75) is 37.8 Å². The molecule has 2 bridgehead atoms. The molecule has 2 aliphatic rings. The molecule has 0 aromatic heterocycles. The molecule has 0 saturated carbocycles. The average molecular weight is 295 g/mol. The highest BCUT2D eigenvalue weighted by molar-refractivity contribution is 5.86. The van der Waals surface area contributed by atoms with Crippen molar-refractivity contribution in [1.29, 1.82) is 0 Å². The summed E-state index contributed by atoms with van der Waals surface area (Å²) in [6, 6.07) is 2.84. The highest BCUT2D eigenvalue weighted by atomic mass is 19.1. The van der Waals surface area contributed by atoms with Gasteiger partial charge in [-0.1, -0.05) is 0 Å². The minimum atomic E-state index is -0.834. The van der Waals surface area contributed by atoms with E-state index in [0.717, 1.165) is 25.0 Å². The maximum atomic E-state index is 13.4. The fraction of sp³-hybridized carbons (Fsp3) is 0.467. The van der Waals surface area contributed by atoms with Gasteiger partial charge in [-0.2, -0.15) is 0 Å². The van der Waals surface area contributed by atoms with E-state index in [1.165, 1.54) is 0 Å². The first kappa shape index (κ1) is 14.0. The molecular weight excluding hydrogens is 280 g/mol. The van der Waals surface area contributed by atoms with Gasteiger partial charge in [0.15, 0.2) is 18.2 Å². The van der Waals surface area contributed by atoms with Crippen molar-refractivity contribution < 1.29 is 23.1 Å². The van der Waals surface area contributed by atoms with Gasteiger partial charge in [-0.3, -0.25) is 9.59 Å². The predicted molar refractivity (Wildman–Crippen MR) is 69.8 cm³/mol. The van der Waals surface area contributed by atoms with Gasteiger partial charge >= 0.3 is 0 Å². The summed E-state index contributed by atoms with van der Waals surface area (Å²) in [6.45, 7) is -0.302. The normalized spacial score (nSPS) is 24.3. The van der Waals surface area contributed by atoms with Gasteiger partial charge in [0.1, 0.15) is 11.6 Å². The standard InChI is InChI=1S/C15H15F2NO3/c16-9-1-4-14(13(17)5-9)21-8-15(20)18-10-2-3-11(18)7-12(19)6-10/h1,4-5,10-11H,2-3,6-8H2/t10-,11+. The van der Waals surface area contributed by atoms with Gasteiger partial charge in [-0.15, -0.1) is 0 Å². The van der Waals surface area contributed by atoms with E-state index in [2.05, 4.69) is 0 Å². The third kappa shape index (κ3) is 2.75. The lowest BCUT2D eigenvalue weighted by Crippen LogP contribution is -2.48. The summed E-state index contributed by atoms with van der Waals surface area (Å²) >= 11 is 0. The quantitative estimate of drug-likeness (QED) is 0.857. The number of piperidine rings is 1. The van der Waals surface area contributed by atoms with E-state index in [9.17, 15) is 18.4 Å². The van der Waals surface area contributed by atoms with E-state index in [0.29, 0.717) is 18.9 Å². The zero-order chi connectivity index (χ0) is 15.0. The molecule has 2 fully saturated rings. The van der Waals surface area contributed by atoms with Gasteiger partial charge in [-0.05, 0) is 25.0 Å². The van der Waals surface area contributed by atoms with Gasteiger partial charge < -0.3 is 9.64 Å². The Balaban J connectivity index is 1.63. The number of halogens is 2. The lowest BCUT2D eigenvalue weighted by Gasteiger charge is -2.33. The lowest BCUT2D eigenvalue weighted by atomic mass is 10.0. The number of Topliss-reactive ketones (excluding diaryl/α,β-unsaturated/α-hetero) is 1. The summed E-state index contributed by atoms with van der Waals surface area (Å²) in [6.07, 6.45) is 2.44. The first-order valence-corrected chi connectivity index (χ1v) is 6.95. The van der Waals surface area contributed by atoms with Crippen molar-refractivity contribution >= 4 is 11.7 Å². The van der Waals surface area contributed by atoms with Crippen molar-refractivity contribution in [2.75, 3.05) is 6.61 Å². The Labute approximate surface area is 120 Å². The second kappa shape index (κ2) is 5.42. The van der Waals surface area contributed by atoms with E-state index in [1.54, 1.807) is 4.90 Å². The summed E-state index contributed by atoms with van der Waals surface area (Å²) in [4.78, 5) is 25.4. The molecule has 2 aliphatic heterocycles. The van der Waals surface area contributed by atoms with E-state index in [-0.39, 0.29) is 36.1 Å². The second-order valence-electron chi connectivity index (χ2n) is 5.50. The number of carbonyl (C=O) groups is 2. The zero-order valence-corrected chi connectivity index (χ0v) is 11.4. The minimum absolute atomic E-state index is 0.0505. The fourth-order valence-corrected chi connectivity index (χ4v) is 3.18. The minimum Gasteiger partial charge on any atom is -0.481 e. The number of amides is 1. The molecule has 6 heteroatoms. The molecular formula is C15H15F2NO3. The summed E-state index contributed by atoms with van der Waals surface area (Å²) in [5, 5.41) is 0. The van der Waals surface area contributed by atoms with Crippen LogP contribution in [0.25, 0.3) is 0 Å². The molecule has 2 heterocycles. The van der Waals surface area contributed by atoms with Crippen LogP contribution in [0.5, 0.6) is 5.75 Å². The van der Waals surface area contributed by atoms with Crippen LogP contribution in [0.1, 0.15) is 25.7 Å². The summed E-state index contributed by atoms with van der Waals surface area (Å²) in [7, 11) is 0. The smallest absolute Gasteiger partial charge is 0.261 e. The maximum absolute atomic E-state index is 13.4. The van der Waals surface area contributed by atoms with Crippen LogP contribution in [0, 0.1) is 11.6 Å². The Hall–Kier alpha value is -1.98. The number of carbonyl (C=O) groups excluding carboxylic acids is 2. The van der Waals surface area contributed by atoms with Crippen LogP contribution in [-0.4, -0.2) is 35.3 Å². The van der Waals surface area contributed by atoms with Crippen molar-refractivity contribution in [3.05, 3.63) is 29.8 Å². The van der Waals surface area contributed by atoms with E-state index in [4.69, 9.17) is 4.74 Å². The molecule has 2 saturated heterocycles. The first-order valence-electron chi connectivity index (χ1n) is 6.95. The Kier molecular flexibility index (Phi) is 3.61. The van der Waals surface area contributed by atoms with Crippen LogP contribution >= 0.6 is 0 Å². The molecule has 4 nitrogen and oxygen atoms in total. The molecule has 112 valence electrons. The zero-order valence-electron chi connectivity index (χ0n) is 11.4. The molecule has 0 aliphatic carbocycles. The van der Waals surface area contributed by atoms with Gasteiger partial charge in [0.25, 0.3) is 5.91 Å². The molecule has 3 rings (SSSR count). The van der Waals surface area contributed by atoms with Crippen LogP contribution in [0.4, 0.5) is 8.78 Å². The van der Waals surface area contributed by atoms with E-state index in [1.807, 2.05) is 0 Å². The van der Waals surface area contributed by atoms with Crippen molar-refractivity contribution in [3.8, 4) is 5.75 Å². The van der Waals surface area contributed by atoms with Crippen LogP contribution in [-0.2, 0) is 9.59 Å². The molecule has 1 aromatic rings. The topological polar surface area (TPSA) is 46.6 Å². The second-order valence-corrected chi connectivity index (χ2v) is 5.50. The molecule has 0 unspecified atom stereocenters. The fourth-order valence-electron chi connectivity index (χ4n) is 3.18. The van der Waals surface area contributed by atoms with Gasteiger partial charge in [0.2, 0.25) is 0 Å². The molecule has 1 amide bonds. The summed E-state index contributed by atoms with van der Waals surface area (Å²) in [5.41, 5.74) is 0. The Morgan fingerprint density at radius 3 is 2.52 bits per heavy atom. The number of nitrogens with zero attached hydrogens (tertiary/aromatic N) is 1. The highest BCUT2D eigenvalue weighted by Gasteiger charge is 2.42. The first-order chi connectivity index (χ1) is 10.0. The molecule has 0 N–H and O–H groups in total. The van der Waals surface area contributed by atoms with Gasteiger partial charge in [0.05, 0.1) is 0 Å². The van der Waals surface area contributed by atoms with Crippen molar-refractivity contribution in [2.24, 2.45) is 0 Å². The van der Waals surface area contributed by atoms with Crippen LogP contribution in [0.2, 0.25) is 0 Å². The largest absolute Gasteiger partial charge is 0.481 e. The monoisotopic (exact) mass is 295 g/mol. The SMILES string of the molecule is O=C1C[C@H]2CC[C@@H](C1)N2C(=O)COc1ccc(F)cc1F. The Morgan fingerprint density at radius 1 is 1.24 bits per heavy atom. The summed E-state index contributed by atoms with van der Waals surface area (Å²) < 4.78 is 31.3. The molecule has 21 heavy (non-hydrogen) atoms. The molecule has 1 aromatic carbocycles. The highest BCUT2D eigenvalue weighted by Crippen LogP contribution is 2.34. The Bertz CT molecular complexity index is 574. The summed E-state index contributed by atoms with van der Waals surface area (Å²) in [5.74, 6) is -1.74. The third-order valence-electron chi connectivity index (χ3n) is 4.08. The van der Waals surface area contributed by atoms with Gasteiger partial charge in [-0.25, -0.2) is 8.78 Å². The number of rotatable bonds is 3. The van der Waals surface area contributed by atoms with Crippen LogP contribution < -0.4 is 4.74 Å². The number of ketones is 1. The van der Waals surface area contributed by atoms with Gasteiger partial charge in [0, 0.05) is 31.0 Å². The van der Waals surface area contributed by atoms with Crippen molar-refractivity contribution in [1.82, 2.24) is 4.90 Å². The number of ether oxygens (including phenoxy) is 1. The van der Waals surface area contributed by atoms with Crippen molar-refractivity contribution in [3.63, 3.8) is 0 Å². The number of fused-ring (bicyclic) bond motifs is 2. The molecule has 0 spiro atoms. The number of hydrogen-bond acceptors (Lipinski definition) is 3. The predicted octanol–water partition coefficient (Wildman–Crippen LogP) is 2.07. The van der Waals surface area contributed by atoms with Crippen LogP contribution in [0.15, 0.2) is 18.2 Å². The average Bonchev–Trinajstić information content (AvgIpc) is 2.70. The van der Waals surface area contributed by atoms with Crippen LogP contribution in [0.3, 0.4) is 0 Å². The number of hydrogen-bond donors (Lipinski definition) is 0. The number of benzene rings is 1. The molecule has 2 atom stereocenters. The van der Waals surface area contributed by atoms with E-state index >= 15 is 0 Å². The Morgan fingerprint density at radius 2 is 1.90 bits per heavy atom. The third-order valence-corrected chi connectivity index (χ3v) is 4.08. The lowest BCUT2D eigenvalue weighted by molar-refractivity contribution is -0.140. The maximum Gasteiger partial charge on any atom is 0.261 e. The van der Waals surface area contributed by atoms with E-state index < -0.39 is 11.6 Å².